The molecule has 0 saturated heterocycles. The monoisotopic (exact) mass is 267 g/mol. The minimum atomic E-state index is 0.553. The molecule has 102 valence electrons. The van der Waals surface area contributed by atoms with Crippen LogP contribution in [0.1, 0.15) is 22.4 Å². The van der Waals surface area contributed by atoms with Gasteiger partial charge in [0.1, 0.15) is 11.8 Å². The van der Waals surface area contributed by atoms with Crippen molar-refractivity contribution in [2.24, 2.45) is 0 Å². The third-order valence-corrected chi connectivity index (χ3v) is 3.13. The van der Waals surface area contributed by atoms with E-state index < -0.39 is 0 Å². The SMILES string of the molecule is COc1cc(CNCc2ncccc2C)ccc1C#N. The molecule has 2 aromatic rings. The van der Waals surface area contributed by atoms with Crippen LogP contribution in [0.4, 0.5) is 0 Å². The predicted octanol–water partition coefficient (Wildman–Crippen LogP) is 2.56. The Morgan fingerprint density at radius 3 is 2.85 bits per heavy atom. The summed E-state index contributed by atoms with van der Waals surface area (Å²) in [6, 6.07) is 11.7. The molecular formula is C16H17N3O. The normalized spacial score (nSPS) is 10.1. The zero-order valence-electron chi connectivity index (χ0n) is 11.7. The maximum absolute atomic E-state index is 8.94. The minimum absolute atomic E-state index is 0.553. The van der Waals surface area contributed by atoms with Crippen LogP contribution < -0.4 is 10.1 Å². The number of nitriles is 1. The summed E-state index contributed by atoms with van der Waals surface area (Å²) in [6.07, 6.45) is 1.80. The third kappa shape index (κ3) is 3.34. The zero-order valence-corrected chi connectivity index (χ0v) is 11.7. The van der Waals surface area contributed by atoms with E-state index in [0.717, 1.165) is 17.8 Å². The van der Waals surface area contributed by atoms with E-state index in [1.807, 2.05) is 18.2 Å². The molecule has 0 spiro atoms. The lowest BCUT2D eigenvalue weighted by molar-refractivity contribution is 0.412. The van der Waals surface area contributed by atoms with Crippen molar-refractivity contribution in [1.82, 2.24) is 10.3 Å². The zero-order chi connectivity index (χ0) is 14.4. The summed E-state index contributed by atoms with van der Waals surface area (Å²) < 4.78 is 5.20. The molecule has 1 N–H and O–H groups in total. The summed E-state index contributed by atoms with van der Waals surface area (Å²) in [6.45, 7) is 3.47. The van der Waals surface area contributed by atoms with Crippen LogP contribution in [0.15, 0.2) is 36.5 Å². The van der Waals surface area contributed by atoms with Crippen LogP contribution in [0.5, 0.6) is 5.75 Å². The van der Waals surface area contributed by atoms with Gasteiger partial charge in [-0.25, -0.2) is 0 Å². The fourth-order valence-corrected chi connectivity index (χ4v) is 1.97. The summed E-state index contributed by atoms with van der Waals surface area (Å²) in [5, 5.41) is 12.3. The number of aromatic nitrogens is 1. The Labute approximate surface area is 119 Å². The number of hydrogen-bond acceptors (Lipinski definition) is 4. The van der Waals surface area contributed by atoms with Crippen LogP contribution in [-0.4, -0.2) is 12.1 Å². The highest BCUT2D eigenvalue weighted by Gasteiger charge is 2.04. The molecule has 0 atom stereocenters. The van der Waals surface area contributed by atoms with Gasteiger partial charge in [-0.05, 0) is 36.2 Å². The molecule has 0 fully saturated rings. The van der Waals surface area contributed by atoms with Crippen molar-refractivity contribution in [3.05, 3.63) is 58.9 Å². The van der Waals surface area contributed by atoms with E-state index in [9.17, 15) is 0 Å². The highest BCUT2D eigenvalue weighted by Crippen LogP contribution is 2.19. The Balaban J connectivity index is 1.98. The maximum Gasteiger partial charge on any atom is 0.136 e. The van der Waals surface area contributed by atoms with E-state index in [1.54, 1.807) is 19.4 Å². The van der Waals surface area contributed by atoms with Gasteiger partial charge < -0.3 is 10.1 Å². The van der Waals surface area contributed by atoms with Crippen molar-refractivity contribution < 1.29 is 4.74 Å². The summed E-state index contributed by atoms with van der Waals surface area (Å²) in [4.78, 5) is 4.34. The molecule has 1 aromatic heterocycles. The van der Waals surface area contributed by atoms with Crippen molar-refractivity contribution in [2.75, 3.05) is 7.11 Å². The van der Waals surface area contributed by atoms with Gasteiger partial charge in [-0.3, -0.25) is 4.98 Å². The summed E-state index contributed by atoms with van der Waals surface area (Å²) >= 11 is 0. The molecule has 0 amide bonds. The Kier molecular flexibility index (Phi) is 4.70. The minimum Gasteiger partial charge on any atom is -0.495 e. The molecule has 0 unspecified atom stereocenters. The van der Waals surface area contributed by atoms with Gasteiger partial charge in [-0.1, -0.05) is 12.1 Å². The molecule has 0 radical (unpaired) electrons. The Hall–Kier alpha value is -2.38. The first-order valence-electron chi connectivity index (χ1n) is 6.43. The van der Waals surface area contributed by atoms with Gasteiger partial charge in [-0.2, -0.15) is 5.26 Å². The molecule has 4 nitrogen and oxygen atoms in total. The lowest BCUT2D eigenvalue weighted by Crippen LogP contribution is -2.14. The number of nitrogens with zero attached hydrogens (tertiary/aromatic N) is 2. The van der Waals surface area contributed by atoms with E-state index in [4.69, 9.17) is 10.00 Å². The van der Waals surface area contributed by atoms with E-state index in [-0.39, 0.29) is 0 Å². The number of hydrogen-bond donors (Lipinski definition) is 1. The van der Waals surface area contributed by atoms with Crippen LogP contribution in [-0.2, 0) is 13.1 Å². The largest absolute Gasteiger partial charge is 0.495 e. The first-order chi connectivity index (χ1) is 9.74. The molecular weight excluding hydrogens is 250 g/mol. The Bertz CT molecular complexity index is 632. The molecule has 1 aromatic carbocycles. The predicted molar refractivity (Wildman–Crippen MR) is 77.2 cm³/mol. The van der Waals surface area contributed by atoms with Gasteiger partial charge in [0.15, 0.2) is 0 Å². The van der Waals surface area contributed by atoms with E-state index in [0.29, 0.717) is 17.9 Å². The van der Waals surface area contributed by atoms with Gasteiger partial charge in [0, 0.05) is 19.3 Å². The van der Waals surface area contributed by atoms with Gasteiger partial charge in [0.2, 0.25) is 0 Å². The molecule has 0 aliphatic carbocycles. The van der Waals surface area contributed by atoms with Crippen molar-refractivity contribution in [3.8, 4) is 11.8 Å². The number of nitrogens with one attached hydrogen (secondary N) is 1. The van der Waals surface area contributed by atoms with Crippen molar-refractivity contribution in [3.63, 3.8) is 0 Å². The second kappa shape index (κ2) is 6.69. The molecule has 0 aliphatic rings. The molecule has 4 heteroatoms. The highest BCUT2D eigenvalue weighted by molar-refractivity contribution is 5.45. The van der Waals surface area contributed by atoms with Crippen LogP contribution in [0, 0.1) is 18.3 Å². The second-order valence-electron chi connectivity index (χ2n) is 4.52. The summed E-state index contributed by atoms with van der Waals surface area (Å²) in [5.41, 5.74) is 3.86. The van der Waals surface area contributed by atoms with Crippen molar-refractivity contribution in [2.45, 2.75) is 20.0 Å². The number of methoxy groups -OCH3 is 1. The smallest absolute Gasteiger partial charge is 0.136 e. The van der Waals surface area contributed by atoms with Crippen LogP contribution in [0.25, 0.3) is 0 Å². The molecule has 0 bridgehead atoms. The van der Waals surface area contributed by atoms with Gasteiger partial charge in [0.05, 0.1) is 18.4 Å². The summed E-state index contributed by atoms with van der Waals surface area (Å²) in [7, 11) is 1.57. The van der Waals surface area contributed by atoms with Crippen molar-refractivity contribution >= 4 is 0 Å². The average Bonchev–Trinajstić information content (AvgIpc) is 2.49. The van der Waals surface area contributed by atoms with E-state index in [1.165, 1.54) is 5.56 Å². The van der Waals surface area contributed by atoms with Gasteiger partial charge in [-0.15, -0.1) is 0 Å². The number of rotatable bonds is 5. The fourth-order valence-electron chi connectivity index (χ4n) is 1.97. The fraction of sp³-hybridized carbons (Fsp3) is 0.250. The third-order valence-electron chi connectivity index (χ3n) is 3.13. The molecule has 0 saturated carbocycles. The molecule has 20 heavy (non-hydrogen) atoms. The number of ether oxygens (including phenoxy) is 1. The van der Waals surface area contributed by atoms with E-state index >= 15 is 0 Å². The Morgan fingerprint density at radius 2 is 2.15 bits per heavy atom. The lowest BCUT2D eigenvalue weighted by Gasteiger charge is -2.09. The molecule has 2 rings (SSSR count). The lowest BCUT2D eigenvalue weighted by atomic mass is 10.1. The average molecular weight is 267 g/mol. The first-order valence-corrected chi connectivity index (χ1v) is 6.43. The topological polar surface area (TPSA) is 57.9 Å². The summed E-state index contributed by atoms with van der Waals surface area (Å²) in [5.74, 6) is 0.612. The quantitative estimate of drug-likeness (QED) is 0.904. The highest BCUT2D eigenvalue weighted by atomic mass is 16.5. The number of pyridine rings is 1. The second-order valence-corrected chi connectivity index (χ2v) is 4.52. The first kappa shape index (κ1) is 14.0. The van der Waals surface area contributed by atoms with Crippen molar-refractivity contribution in [1.29, 1.82) is 5.26 Å². The maximum atomic E-state index is 8.94. The van der Waals surface area contributed by atoms with Crippen LogP contribution in [0.3, 0.4) is 0 Å². The molecule has 0 aliphatic heterocycles. The van der Waals surface area contributed by atoms with Crippen LogP contribution >= 0.6 is 0 Å². The van der Waals surface area contributed by atoms with Gasteiger partial charge in [0.25, 0.3) is 0 Å². The number of aryl methyl sites for hydroxylation is 1. The van der Waals surface area contributed by atoms with Gasteiger partial charge >= 0.3 is 0 Å². The van der Waals surface area contributed by atoms with E-state index in [2.05, 4.69) is 29.4 Å². The molecule has 1 heterocycles. The Morgan fingerprint density at radius 1 is 1.30 bits per heavy atom. The van der Waals surface area contributed by atoms with Crippen LogP contribution in [0.2, 0.25) is 0 Å². The standard InChI is InChI=1S/C16H17N3O/c1-12-4-3-7-19-15(12)11-18-10-13-5-6-14(9-17)16(8-13)20-2/h3-8,18H,10-11H2,1-2H3. The number of benzene rings is 1.